The summed E-state index contributed by atoms with van der Waals surface area (Å²) in [6.07, 6.45) is 3.63. The zero-order valence-corrected chi connectivity index (χ0v) is 16.9. The second-order valence-electron chi connectivity index (χ2n) is 8.14. The summed E-state index contributed by atoms with van der Waals surface area (Å²) in [5, 5.41) is 0. The Hall–Kier alpha value is -2.18. The molecule has 0 aromatic heterocycles. The molecular weight excluding hydrogens is 372 g/mol. The van der Waals surface area contributed by atoms with Gasteiger partial charge in [0.15, 0.2) is 0 Å². The summed E-state index contributed by atoms with van der Waals surface area (Å²) >= 11 is 0. The van der Waals surface area contributed by atoms with Crippen LogP contribution in [0.1, 0.15) is 48.5 Å². The molecule has 5 nitrogen and oxygen atoms in total. The molecule has 2 aromatic rings. The Morgan fingerprint density at radius 2 is 1.61 bits per heavy atom. The number of sulfonamides is 1. The second kappa shape index (κ2) is 7.33. The predicted molar refractivity (Wildman–Crippen MR) is 109 cm³/mol. The van der Waals surface area contributed by atoms with Crippen LogP contribution < -0.4 is 4.72 Å². The van der Waals surface area contributed by atoms with Gasteiger partial charge in [-0.1, -0.05) is 37.3 Å². The van der Waals surface area contributed by atoms with E-state index in [0.29, 0.717) is 18.7 Å². The van der Waals surface area contributed by atoms with Crippen molar-refractivity contribution < 1.29 is 13.2 Å². The molecule has 1 N–H and O–H groups in total. The summed E-state index contributed by atoms with van der Waals surface area (Å²) in [5.41, 5.74) is 1.94. The van der Waals surface area contributed by atoms with Crippen molar-refractivity contribution in [2.75, 3.05) is 13.1 Å². The highest BCUT2D eigenvalue weighted by molar-refractivity contribution is 7.89. The Bertz CT molecular complexity index is 943. The average molecular weight is 399 g/mol. The van der Waals surface area contributed by atoms with Crippen LogP contribution in [-0.2, 0) is 15.4 Å². The molecule has 2 aliphatic rings. The Morgan fingerprint density at radius 1 is 1.00 bits per heavy atom. The fourth-order valence-corrected chi connectivity index (χ4v) is 5.09. The molecule has 1 saturated carbocycles. The molecule has 1 aliphatic carbocycles. The zero-order chi connectivity index (χ0) is 19.8. The van der Waals surface area contributed by atoms with E-state index in [1.54, 1.807) is 12.1 Å². The molecule has 0 atom stereocenters. The average Bonchev–Trinajstić information content (AvgIpc) is 3.52. The van der Waals surface area contributed by atoms with Gasteiger partial charge in [0.05, 0.1) is 4.90 Å². The molecular formula is C22H26N2O3S. The number of likely N-dealkylation sites (tertiary alicyclic amines) is 1. The Labute approximate surface area is 166 Å². The van der Waals surface area contributed by atoms with E-state index in [0.717, 1.165) is 25.7 Å². The quantitative estimate of drug-likeness (QED) is 0.840. The molecule has 148 valence electrons. The van der Waals surface area contributed by atoms with Gasteiger partial charge >= 0.3 is 0 Å². The maximum Gasteiger partial charge on any atom is 0.253 e. The van der Waals surface area contributed by atoms with Gasteiger partial charge in [0, 0.05) is 24.7 Å². The van der Waals surface area contributed by atoms with Crippen LogP contribution in [-0.4, -0.2) is 38.4 Å². The summed E-state index contributed by atoms with van der Waals surface area (Å²) < 4.78 is 27.2. The summed E-state index contributed by atoms with van der Waals surface area (Å²) in [4.78, 5) is 14.9. The topological polar surface area (TPSA) is 66.5 Å². The molecule has 6 heteroatoms. The zero-order valence-electron chi connectivity index (χ0n) is 16.1. The first kappa shape index (κ1) is 19.2. The van der Waals surface area contributed by atoms with Crippen LogP contribution in [0.3, 0.4) is 0 Å². The minimum Gasteiger partial charge on any atom is -0.339 e. The number of nitrogens with one attached hydrogen (secondary N) is 1. The number of nitrogens with zero attached hydrogens (tertiary/aromatic N) is 1. The molecule has 1 amide bonds. The lowest BCUT2D eigenvalue weighted by Crippen LogP contribution is -2.43. The maximum atomic E-state index is 12.9. The SMILES string of the molecule is CC1(c2ccccc2)CCN(C(=O)c2ccc(S(=O)(=O)NC3CC3)cc2)CC1. The highest BCUT2D eigenvalue weighted by atomic mass is 32.2. The number of rotatable bonds is 5. The molecule has 0 unspecified atom stereocenters. The van der Waals surface area contributed by atoms with Gasteiger partial charge in [0.2, 0.25) is 10.0 Å². The van der Waals surface area contributed by atoms with Crippen LogP contribution in [0.15, 0.2) is 59.5 Å². The van der Waals surface area contributed by atoms with Crippen LogP contribution in [0, 0.1) is 0 Å². The number of carbonyl (C=O) groups is 1. The summed E-state index contributed by atoms with van der Waals surface area (Å²) in [6.45, 7) is 3.66. The van der Waals surface area contributed by atoms with Crippen molar-refractivity contribution in [3.8, 4) is 0 Å². The van der Waals surface area contributed by atoms with Crippen LogP contribution >= 0.6 is 0 Å². The molecule has 2 aromatic carbocycles. The van der Waals surface area contributed by atoms with E-state index in [1.807, 2.05) is 11.0 Å². The van der Waals surface area contributed by atoms with E-state index < -0.39 is 10.0 Å². The predicted octanol–water partition coefficient (Wildman–Crippen LogP) is 3.32. The van der Waals surface area contributed by atoms with E-state index in [1.165, 1.54) is 17.7 Å². The van der Waals surface area contributed by atoms with Gasteiger partial charge in [-0.15, -0.1) is 0 Å². The smallest absolute Gasteiger partial charge is 0.253 e. The van der Waals surface area contributed by atoms with E-state index in [-0.39, 0.29) is 22.3 Å². The van der Waals surface area contributed by atoms with Gasteiger partial charge in [-0.2, -0.15) is 0 Å². The van der Waals surface area contributed by atoms with Crippen molar-refractivity contribution in [1.29, 1.82) is 0 Å². The largest absolute Gasteiger partial charge is 0.339 e. The monoisotopic (exact) mass is 398 g/mol. The minimum atomic E-state index is -3.49. The summed E-state index contributed by atoms with van der Waals surface area (Å²) in [7, 11) is -3.49. The minimum absolute atomic E-state index is 0.0331. The molecule has 1 heterocycles. The highest BCUT2D eigenvalue weighted by Gasteiger charge is 2.33. The van der Waals surface area contributed by atoms with Crippen molar-refractivity contribution >= 4 is 15.9 Å². The highest BCUT2D eigenvalue weighted by Crippen LogP contribution is 2.35. The molecule has 2 fully saturated rings. The van der Waals surface area contributed by atoms with E-state index in [9.17, 15) is 13.2 Å². The molecule has 0 spiro atoms. The van der Waals surface area contributed by atoms with Crippen LogP contribution in [0.5, 0.6) is 0 Å². The first-order valence-electron chi connectivity index (χ1n) is 9.85. The molecule has 28 heavy (non-hydrogen) atoms. The number of piperidine rings is 1. The third kappa shape index (κ3) is 3.98. The first-order valence-corrected chi connectivity index (χ1v) is 11.3. The van der Waals surface area contributed by atoms with Crippen molar-refractivity contribution in [2.24, 2.45) is 0 Å². The van der Waals surface area contributed by atoms with Gasteiger partial charge in [0.1, 0.15) is 0 Å². The van der Waals surface area contributed by atoms with Crippen LogP contribution in [0.25, 0.3) is 0 Å². The lowest BCUT2D eigenvalue weighted by atomic mass is 9.74. The van der Waals surface area contributed by atoms with Gasteiger partial charge < -0.3 is 4.90 Å². The van der Waals surface area contributed by atoms with Crippen LogP contribution in [0.2, 0.25) is 0 Å². The van der Waals surface area contributed by atoms with Crippen molar-refractivity contribution in [3.63, 3.8) is 0 Å². The van der Waals surface area contributed by atoms with Gasteiger partial charge in [-0.05, 0) is 60.9 Å². The standard InChI is InChI=1S/C22H26N2O3S/c1-22(18-5-3-2-4-6-18)13-15-24(16-14-22)21(25)17-7-11-20(12-8-17)28(26,27)23-19-9-10-19/h2-8,11-12,19,23H,9-10,13-16H2,1H3. The van der Waals surface area contributed by atoms with Crippen molar-refractivity contribution in [2.45, 2.75) is 49.0 Å². The third-order valence-corrected chi connectivity index (χ3v) is 7.47. The van der Waals surface area contributed by atoms with Gasteiger partial charge in [-0.3, -0.25) is 4.79 Å². The molecule has 4 rings (SSSR count). The molecule has 1 aliphatic heterocycles. The number of amides is 1. The van der Waals surface area contributed by atoms with Gasteiger partial charge in [-0.25, -0.2) is 13.1 Å². The van der Waals surface area contributed by atoms with Gasteiger partial charge in [0.25, 0.3) is 5.91 Å². The fraction of sp³-hybridized carbons (Fsp3) is 0.409. The number of hydrogen-bond acceptors (Lipinski definition) is 3. The number of hydrogen-bond donors (Lipinski definition) is 1. The number of carbonyl (C=O) groups excluding carboxylic acids is 1. The molecule has 1 saturated heterocycles. The Balaban J connectivity index is 1.41. The normalized spacial score (nSPS) is 19.4. The maximum absolute atomic E-state index is 12.9. The Kier molecular flexibility index (Phi) is 5.02. The van der Waals surface area contributed by atoms with Crippen molar-refractivity contribution in [1.82, 2.24) is 9.62 Å². The first-order chi connectivity index (χ1) is 13.4. The summed E-state index contributed by atoms with van der Waals surface area (Å²) in [5.74, 6) is -0.0331. The van der Waals surface area contributed by atoms with Crippen molar-refractivity contribution in [3.05, 3.63) is 65.7 Å². The lowest BCUT2D eigenvalue weighted by Gasteiger charge is -2.40. The fourth-order valence-electron chi connectivity index (χ4n) is 3.78. The van der Waals surface area contributed by atoms with E-state index in [4.69, 9.17) is 0 Å². The summed E-state index contributed by atoms with van der Waals surface area (Å²) in [6, 6.07) is 16.8. The van der Waals surface area contributed by atoms with Crippen LogP contribution in [0.4, 0.5) is 0 Å². The van der Waals surface area contributed by atoms with E-state index >= 15 is 0 Å². The Morgan fingerprint density at radius 3 is 2.18 bits per heavy atom. The van der Waals surface area contributed by atoms with E-state index in [2.05, 4.69) is 35.9 Å². The number of benzene rings is 2. The lowest BCUT2D eigenvalue weighted by molar-refractivity contribution is 0.0676. The second-order valence-corrected chi connectivity index (χ2v) is 9.85. The molecule has 0 bridgehead atoms. The molecule has 0 radical (unpaired) electrons. The third-order valence-electron chi connectivity index (χ3n) is 5.94.